The number of H-pyrrole nitrogens is 1. The summed E-state index contributed by atoms with van der Waals surface area (Å²) < 4.78 is 25.4. The number of para-hydroxylation sites is 1. The van der Waals surface area contributed by atoms with Gasteiger partial charge in [-0.3, -0.25) is 9.59 Å². The van der Waals surface area contributed by atoms with Crippen LogP contribution in [0.1, 0.15) is 31.5 Å². The molecule has 1 aromatic heterocycles. The van der Waals surface area contributed by atoms with Crippen LogP contribution in [0.5, 0.6) is 0 Å². The molecule has 0 radical (unpaired) electrons. The molecule has 1 heterocycles. The molecular formula is C17H19F2N3O2. The van der Waals surface area contributed by atoms with Crippen molar-refractivity contribution in [3.8, 4) is 0 Å². The number of aromatic nitrogens is 2. The lowest BCUT2D eigenvalue weighted by molar-refractivity contribution is -0.126. The largest absolute Gasteiger partial charge is 0.356 e. The number of halogens is 2. The number of nitrogens with one attached hydrogen (secondary N) is 2. The van der Waals surface area contributed by atoms with E-state index >= 15 is 0 Å². The topological polar surface area (TPSA) is 74.8 Å². The van der Waals surface area contributed by atoms with Crippen molar-refractivity contribution in [2.75, 3.05) is 6.54 Å². The Balaban J connectivity index is 1.44. The Kier molecular flexibility index (Phi) is 4.59. The first-order valence-corrected chi connectivity index (χ1v) is 8.05. The third kappa shape index (κ3) is 3.96. The quantitative estimate of drug-likeness (QED) is 0.851. The summed E-state index contributed by atoms with van der Waals surface area (Å²) in [7, 11) is 0. The molecule has 2 aromatic rings. The van der Waals surface area contributed by atoms with Gasteiger partial charge in [0.15, 0.2) is 0 Å². The van der Waals surface area contributed by atoms with Crippen molar-refractivity contribution in [3.63, 3.8) is 0 Å². The van der Waals surface area contributed by atoms with Gasteiger partial charge in [-0.2, -0.15) is 0 Å². The van der Waals surface area contributed by atoms with E-state index in [1.165, 1.54) is 0 Å². The first-order chi connectivity index (χ1) is 11.4. The number of fused-ring (bicyclic) bond motifs is 1. The molecule has 128 valence electrons. The summed E-state index contributed by atoms with van der Waals surface area (Å²) in [6.45, 7) is 0.305. The molecule has 0 aliphatic heterocycles. The molecule has 1 saturated carbocycles. The summed E-state index contributed by atoms with van der Waals surface area (Å²) >= 11 is 0. The summed E-state index contributed by atoms with van der Waals surface area (Å²) in [6.07, 6.45) is 1.01. The van der Waals surface area contributed by atoms with Gasteiger partial charge >= 0.3 is 0 Å². The second kappa shape index (κ2) is 6.67. The molecule has 0 atom stereocenters. The van der Waals surface area contributed by atoms with E-state index in [0.29, 0.717) is 36.1 Å². The van der Waals surface area contributed by atoms with Crippen LogP contribution in [0.4, 0.5) is 8.78 Å². The van der Waals surface area contributed by atoms with E-state index in [4.69, 9.17) is 0 Å². The Morgan fingerprint density at radius 3 is 2.83 bits per heavy atom. The van der Waals surface area contributed by atoms with Gasteiger partial charge in [0.1, 0.15) is 5.82 Å². The predicted molar refractivity (Wildman–Crippen MR) is 86.0 cm³/mol. The number of carbonyl (C=O) groups excluding carboxylic acids is 1. The number of aryl methyl sites for hydroxylation is 1. The molecule has 3 rings (SSSR count). The molecule has 1 fully saturated rings. The molecular weight excluding hydrogens is 316 g/mol. The van der Waals surface area contributed by atoms with E-state index in [0.717, 1.165) is 0 Å². The number of carbonyl (C=O) groups is 1. The first kappa shape index (κ1) is 16.5. The lowest BCUT2D eigenvalue weighted by atomic mass is 9.81. The van der Waals surface area contributed by atoms with E-state index < -0.39 is 5.92 Å². The lowest BCUT2D eigenvalue weighted by Crippen LogP contribution is -2.42. The minimum absolute atomic E-state index is 0.123. The minimum atomic E-state index is -2.55. The summed E-state index contributed by atoms with van der Waals surface area (Å²) in [5.41, 5.74) is 0.442. The van der Waals surface area contributed by atoms with Gasteiger partial charge in [-0.25, -0.2) is 13.8 Å². The fraction of sp³-hybridized carbons (Fsp3) is 0.471. The van der Waals surface area contributed by atoms with Crippen LogP contribution >= 0.6 is 0 Å². The molecule has 1 aliphatic rings. The summed E-state index contributed by atoms with van der Waals surface area (Å²) in [5, 5.41) is 3.22. The molecule has 1 aromatic carbocycles. The average molecular weight is 335 g/mol. The van der Waals surface area contributed by atoms with Crippen LogP contribution < -0.4 is 10.9 Å². The third-order valence-corrected chi connectivity index (χ3v) is 4.24. The highest BCUT2D eigenvalue weighted by atomic mass is 19.3. The van der Waals surface area contributed by atoms with Gasteiger partial charge in [-0.05, 0) is 24.5 Å². The minimum Gasteiger partial charge on any atom is -0.356 e. The Bertz CT molecular complexity index is 796. The lowest BCUT2D eigenvalue weighted by Gasteiger charge is -2.34. The van der Waals surface area contributed by atoms with Crippen molar-refractivity contribution < 1.29 is 13.6 Å². The molecule has 5 nitrogen and oxygen atoms in total. The Morgan fingerprint density at radius 2 is 2.08 bits per heavy atom. The van der Waals surface area contributed by atoms with E-state index in [2.05, 4.69) is 15.3 Å². The zero-order chi connectivity index (χ0) is 17.2. The molecule has 0 saturated heterocycles. The van der Waals surface area contributed by atoms with Gasteiger partial charge < -0.3 is 10.3 Å². The molecule has 24 heavy (non-hydrogen) atoms. The monoisotopic (exact) mass is 335 g/mol. The highest BCUT2D eigenvalue weighted by Gasteiger charge is 2.44. The number of hydrogen-bond acceptors (Lipinski definition) is 3. The summed E-state index contributed by atoms with van der Waals surface area (Å²) in [5.74, 6) is -2.29. The maximum Gasteiger partial charge on any atom is 0.258 e. The number of nitrogens with zero attached hydrogens (tertiary/aromatic N) is 1. The normalized spacial score (nSPS) is 16.8. The molecule has 0 spiro atoms. The Labute approximate surface area is 137 Å². The number of benzene rings is 1. The van der Waals surface area contributed by atoms with E-state index in [-0.39, 0.29) is 36.6 Å². The van der Waals surface area contributed by atoms with Crippen molar-refractivity contribution in [2.24, 2.45) is 5.92 Å². The first-order valence-electron chi connectivity index (χ1n) is 8.05. The van der Waals surface area contributed by atoms with Gasteiger partial charge in [-0.1, -0.05) is 12.1 Å². The zero-order valence-electron chi connectivity index (χ0n) is 13.1. The fourth-order valence-electron chi connectivity index (χ4n) is 2.95. The van der Waals surface area contributed by atoms with Crippen molar-refractivity contribution in [3.05, 3.63) is 40.4 Å². The average Bonchev–Trinajstić information content (AvgIpc) is 2.51. The second-order valence-electron chi connectivity index (χ2n) is 6.32. The van der Waals surface area contributed by atoms with Crippen LogP contribution in [0.15, 0.2) is 29.1 Å². The van der Waals surface area contributed by atoms with E-state index in [1.807, 2.05) is 6.07 Å². The number of alkyl halides is 2. The Morgan fingerprint density at radius 1 is 1.33 bits per heavy atom. The van der Waals surface area contributed by atoms with Gasteiger partial charge in [-0.15, -0.1) is 0 Å². The van der Waals surface area contributed by atoms with E-state index in [1.54, 1.807) is 18.2 Å². The van der Waals surface area contributed by atoms with Crippen LogP contribution in [0.25, 0.3) is 10.9 Å². The standard InChI is InChI=1S/C17H19F2N3O2/c18-17(19)8-11(9-17)10-20-15(23)7-3-6-14-21-13-5-2-1-4-12(13)16(24)22-14/h1-2,4-5,11H,3,6-10H2,(H,20,23)(H,21,22,24). The van der Waals surface area contributed by atoms with Crippen molar-refractivity contribution in [1.82, 2.24) is 15.3 Å². The van der Waals surface area contributed by atoms with Gasteiger partial charge in [0.2, 0.25) is 11.8 Å². The molecule has 1 amide bonds. The van der Waals surface area contributed by atoms with Crippen molar-refractivity contribution in [2.45, 2.75) is 38.0 Å². The summed E-state index contributed by atoms with van der Waals surface area (Å²) in [6, 6.07) is 7.08. The zero-order valence-corrected chi connectivity index (χ0v) is 13.1. The van der Waals surface area contributed by atoms with Gasteiger partial charge in [0.25, 0.3) is 5.56 Å². The van der Waals surface area contributed by atoms with Crippen LogP contribution in [-0.4, -0.2) is 28.3 Å². The number of hydrogen-bond donors (Lipinski definition) is 2. The van der Waals surface area contributed by atoms with Gasteiger partial charge in [0, 0.05) is 32.2 Å². The molecule has 7 heteroatoms. The van der Waals surface area contributed by atoms with E-state index in [9.17, 15) is 18.4 Å². The highest BCUT2D eigenvalue weighted by molar-refractivity contribution is 5.77. The van der Waals surface area contributed by atoms with Crippen molar-refractivity contribution >= 4 is 16.8 Å². The molecule has 1 aliphatic carbocycles. The third-order valence-electron chi connectivity index (χ3n) is 4.24. The SMILES string of the molecule is O=C(CCCc1nc2ccccc2c(=O)[nH]1)NCC1CC(F)(F)C1. The number of aromatic amines is 1. The smallest absolute Gasteiger partial charge is 0.258 e. The Hall–Kier alpha value is -2.31. The van der Waals surface area contributed by atoms with Crippen LogP contribution in [0.2, 0.25) is 0 Å². The van der Waals surface area contributed by atoms with Crippen LogP contribution in [0.3, 0.4) is 0 Å². The number of rotatable bonds is 6. The molecule has 0 unspecified atom stereocenters. The maximum atomic E-state index is 12.7. The van der Waals surface area contributed by atoms with Crippen LogP contribution in [0, 0.1) is 5.92 Å². The molecule has 2 N–H and O–H groups in total. The second-order valence-corrected chi connectivity index (χ2v) is 6.32. The summed E-state index contributed by atoms with van der Waals surface area (Å²) in [4.78, 5) is 30.8. The highest BCUT2D eigenvalue weighted by Crippen LogP contribution is 2.41. The van der Waals surface area contributed by atoms with Crippen molar-refractivity contribution in [1.29, 1.82) is 0 Å². The predicted octanol–water partition coefficient (Wildman–Crippen LogP) is 2.41. The van der Waals surface area contributed by atoms with Gasteiger partial charge in [0.05, 0.1) is 10.9 Å². The maximum absolute atomic E-state index is 12.7. The van der Waals surface area contributed by atoms with Crippen LogP contribution in [-0.2, 0) is 11.2 Å². The fourth-order valence-corrected chi connectivity index (χ4v) is 2.95. The number of amides is 1. The molecule has 0 bridgehead atoms.